The van der Waals surface area contributed by atoms with Gasteiger partial charge in [-0.15, -0.1) is 0 Å². The molecular weight excluding hydrogens is 354 g/mol. The van der Waals surface area contributed by atoms with Crippen molar-refractivity contribution in [2.75, 3.05) is 6.61 Å². The van der Waals surface area contributed by atoms with Gasteiger partial charge in [0, 0.05) is 17.1 Å². The Balaban J connectivity index is 1.43. The molecule has 6 nitrogen and oxygen atoms in total. The molecule has 0 radical (unpaired) electrons. The number of carbonyl (C=O) groups is 1. The van der Waals surface area contributed by atoms with E-state index < -0.39 is 5.91 Å². The van der Waals surface area contributed by atoms with Gasteiger partial charge < -0.3 is 9.84 Å². The molecule has 0 unspecified atom stereocenters. The summed E-state index contributed by atoms with van der Waals surface area (Å²) in [7, 11) is 0. The molecule has 3 aromatic carbocycles. The number of para-hydroxylation sites is 1. The SMILES string of the molecule is O=C(COc1cccc2cccnc12)N/N=C/c1c(O)ccc2ccccc12. The topological polar surface area (TPSA) is 83.8 Å². The number of fused-ring (bicyclic) bond motifs is 2. The van der Waals surface area contributed by atoms with E-state index in [4.69, 9.17) is 4.74 Å². The summed E-state index contributed by atoms with van der Waals surface area (Å²) in [6.07, 6.45) is 3.10. The summed E-state index contributed by atoms with van der Waals surface area (Å²) >= 11 is 0. The molecule has 1 amide bonds. The number of ether oxygens (including phenoxy) is 1. The molecule has 1 heterocycles. The Morgan fingerprint density at radius 3 is 2.79 bits per heavy atom. The third-order valence-electron chi connectivity index (χ3n) is 4.29. The van der Waals surface area contributed by atoms with Crippen LogP contribution in [-0.2, 0) is 4.79 Å². The third-order valence-corrected chi connectivity index (χ3v) is 4.29. The van der Waals surface area contributed by atoms with Crippen molar-refractivity contribution in [3.63, 3.8) is 0 Å². The molecule has 0 aliphatic carbocycles. The van der Waals surface area contributed by atoms with E-state index in [1.165, 1.54) is 6.21 Å². The number of phenolic OH excluding ortho intramolecular Hbond substituents is 1. The van der Waals surface area contributed by atoms with Crippen LogP contribution in [-0.4, -0.2) is 28.8 Å². The van der Waals surface area contributed by atoms with Gasteiger partial charge in [0.05, 0.1) is 6.21 Å². The predicted octanol–water partition coefficient (Wildman–Crippen LogP) is 3.62. The van der Waals surface area contributed by atoms with Crippen molar-refractivity contribution in [2.45, 2.75) is 0 Å². The normalized spacial score (nSPS) is 11.1. The highest BCUT2D eigenvalue weighted by Gasteiger charge is 2.07. The summed E-state index contributed by atoms with van der Waals surface area (Å²) in [5.74, 6) is 0.211. The molecule has 0 spiro atoms. The molecule has 6 heteroatoms. The summed E-state index contributed by atoms with van der Waals surface area (Å²) in [5.41, 5.74) is 3.65. The Bertz CT molecular complexity index is 1180. The number of amides is 1. The molecule has 4 aromatic rings. The molecule has 0 aliphatic rings. The standard InChI is InChI=1S/C22H17N3O3/c26-19-11-10-15-5-1-2-8-17(15)18(19)13-24-25-21(27)14-28-20-9-3-6-16-7-4-12-23-22(16)20/h1-13,26H,14H2,(H,25,27)/b24-13+. The largest absolute Gasteiger partial charge is 0.507 e. The molecule has 0 bridgehead atoms. The quantitative estimate of drug-likeness (QED) is 0.415. The lowest BCUT2D eigenvalue weighted by molar-refractivity contribution is -0.123. The number of nitrogens with one attached hydrogen (secondary N) is 1. The van der Waals surface area contributed by atoms with Crippen LogP contribution in [0.15, 0.2) is 78.0 Å². The maximum absolute atomic E-state index is 12.1. The molecule has 0 aliphatic heterocycles. The minimum Gasteiger partial charge on any atom is -0.507 e. The van der Waals surface area contributed by atoms with Crippen molar-refractivity contribution < 1.29 is 14.6 Å². The van der Waals surface area contributed by atoms with E-state index in [1.807, 2.05) is 54.6 Å². The van der Waals surface area contributed by atoms with Gasteiger partial charge in [-0.25, -0.2) is 5.43 Å². The van der Waals surface area contributed by atoms with Crippen LogP contribution in [0.25, 0.3) is 21.7 Å². The fourth-order valence-electron chi connectivity index (χ4n) is 2.96. The van der Waals surface area contributed by atoms with Gasteiger partial charge in [-0.05, 0) is 29.0 Å². The lowest BCUT2D eigenvalue weighted by Gasteiger charge is -2.08. The number of rotatable bonds is 5. The van der Waals surface area contributed by atoms with Crippen LogP contribution in [0.5, 0.6) is 11.5 Å². The first-order valence-corrected chi connectivity index (χ1v) is 8.71. The van der Waals surface area contributed by atoms with E-state index in [0.29, 0.717) is 16.8 Å². The van der Waals surface area contributed by atoms with Crippen molar-refractivity contribution in [3.8, 4) is 11.5 Å². The highest BCUT2D eigenvalue weighted by molar-refractivity contribution is 6.02. The zero-order chi connectivity index (χ0) is 19.3. The maximum atomic E-state index is 12.1. The molecule has 4 rings (SSSR count). The van der Waals surface area contributed by atoms with E-state index in [9.17, 15) is 9.90 Å². The van der Waals surface area contributed by atoms with Crippen molar-refractivity contribution in [2.24, 2.45) is 5.10 Å². The Labute approximate surface area is 161 Å². The Morgan fingerprint density at radius 2 is 1.86 bits per heavy atom. The van der Waals surface area contributed by atoms with Crippen LogP contribution in [0.4, 0.5) is 0 Å². The van der Waals surface area contributed by atoms with Crippen LogP contribution >= 0.6 is 0 Å². The van der Waals surface area contributed by atoms with Crippen molar-refractivity contribution in [1.82, 2.24) is 10.4 Å². The highest BCUT2D eigenvalue weighted by Crippen LogP contribution is 2.25. The van der Waals surface area contributed by atoms with Crippen LogP contribution in [0.3, 0.4) is 0 Å². The van der Waals surface area contributed by atoms with Crippen LogP contribution in [0.2, 0.25) is 0 Å². The minimum atomic E-state index is -0.413. The number of nitrogens with zero attached hydrogens (tertiary/aromatic N) is 2. The molecule has 0 saturated carbocycles. The fourth-order valence-corrected chi connectivity index (χ4v) is 2.96. The highest BCUT2D eigenvalue weighted by atomic mass is 16.5. The summed E-state index contributed by atoms with van der Waals surface area (Å²) < 4.78 is 5.58. The van der Waals surface area contributed by atoms with E-state index in [1.54, 1.807) is 18.3 Å². The first kappa shape index (κ1) is 17.5. The monoisotopic (exact) mass is 371 g/mol. The first-order valence-electron chi connectivity index (χ1n) is 8.71. The molecule has 2 N–H and O–H groups in total. The minimum absolute atomic E-state index is 0.0924. The van der Waals surface area contributed by atoms with Crippen LogP contribution in [0, 0.1) is 0 Å². The second-order valence-corrected chi connectivity index (χ2v) is 6.13. The smallest absolute Gasteiger partial charge is 0.277 e. The number of hydrogen-bond donors (Lipinski definition) is 2. The van der Waals surface area contributed by atoms with Gasteiger partial charge >= 0.3 is 0 Å². The zero-order valence-corrected chi connectivity index (χ0v) is 14.9. The zero-order valence-electron chi connectivity index (χ0n) is 14.9. The van der Waals surface area contributed by atoms with E-state index in [2.05, 4.69) is 15.5 Å². The van der Waals surface area contributed by atoms with Gasteiger partial charge in [-0.1, -0.05) is 48.5 Å². The number of phenols is 1. The predicted molar refractivity (Wildman–Crippen MR) is 109 cm³/mol. The molecular formula is C22H17N3O3. The van der Waals surface area contributed by atoms with Gasteiger partial charge in [0.1, 0.15) is 17.0 Å². The summed E-state index contributed by atoms with van der Waals surface area (Å²) in [6, 6.07) is 20.4. The van der Waals surface area contributed by atoms with Crippen molar-refractivity contribution in [1.29, 1.82) is 0 Å². The first-order chi connectivity index (χ1) is 13.7. The van der Waals surface area contributed by atoms with Crippen molar-refractivity contribution >= 4 is 33.8 Å². The third kappa shape index (κ3) is 3.61. The number of hydrogen-bond acceptors (Lipinski definition) is 5. The average molecular weight is 371 g/mol. The Kier molecular flexibility index (Phi) is 4.84. The molecule has 0 saturated heterocycles. The summed E-state index contributed by atoms with van der Waals surface area (Å²) in [6.45, 7) is -0.200. The average Bonchev–Trinajstić information content (AvgIpc) is 2.74. The number of aromatic hydroxyl groups is 1. The second kappa shape index (κ2) is 7.75. The van der Waals surface area contributed by atoms with Gasteiger partial charge in [-0.3, -0.25) is 9.78 Å². The van der Waals surface area contributed by atoms with Gasteiger partial charge in [0.15, 0.2) is 6.61 Å². The molecule has 0 fully saturated rings. The fraction of sp³-hybridized carbons (Fsp3) is 0.0455. The summed E-state index contributed by atoms with van der Waals surface area (Å²) in [4.78, 5) is 16.3. The molecule has 0 atom stereocenters. The van der Waals surface area contributed by atoms with Crippen molar-refractivity contribution in [3.05, 3.63) is 78.5 Å². The summed E-state index contributed by atoms with van der Waals surface area (Å²) in [5, 5.41) is 16.8. The molecule has 28 heavy (non-hydrogen) atoms. The maximum Gasteiger partial charge on any atom is 0.277 e. The molecule has 1 aromatic heterocycles. The van der Waals surface area contributed by atoms with Crippen LogP contribution in [0.1, 0.15) is 5.56 Å². The van der Waals surface area contributed by atoms with E-state index >= 15 is 0 Å². The Morgan fingerprint density at radius 1 is 1.04 bits per heavy atom. The number of hydrazone groups is 1. The number of carbonyl (C=O) groups excluding carboxylic acids is 1. The number of aromatic nitrogens is 1. The van der Waals surface area contributed by atoms with Crippen LogP contribution < -0.4 is 10.2 Å². The van der Waals surface area contributed by atoms with Gasteiger partial charge in [0.25, 0.3) is 5.91 Å². The van der Waals surface area contributed by atoms with Gasteiger partial charge in [-0.2, -0.15) is 5.10 Å². The lowest BCUT2D eigenvalue weighted by atomic mass is 10.0. The number of pyridine rings is 1. The number of benzene rings is 3. The van der Waals surface area contributed by atoms with Gasteiger partial charge in [0.2, 0.25) is 0 Å². The Hall–Kier alpha value is -3.93. The van der Waals surface area contributed by atoms with E-state index in [0.717, 1.165) is 16.2 Å². The lowest BCUT2D eigenvalue weighted by Crippen LogP contribution is -2.24. The molecule has 138 valence electrons. The second-order valence-electron chi connectivity index (χ2n) is 6.13. The van der Waals surface area contributed by atoms with E-state index in [-0.39, 0.29) is 12.4 Å².